The molecule has 0 heterocycles. The Labute approximate surface area is 113 Å². The molecule has 104 valence electrons. The Kier molecular flexibility index (Phi) is 4.56. The summed E-state index contributed by atoms with van der Waals surface area (Å²) >= 11 is 0. The highest BCUT2D eigenvalue weighted by Crippen LogP contribution is 2.40. The molecule has 0 aromatic heterocycles. The molecule has 1 fully saturated rings. The summed E-state index contributed by atoms with van der Waals surface area (Å²) < 4.78 is 5.42. The molecule has 19 heavy (non-hydrogen) atoms. The molecule has 0 radical (unpaired) electrons. The van der Waals surface area contributed by atoms with Gasteiger partial charge in [0.25, 0.3) is 0 Å². The van der Waals surface area contributed by atoms with Crippen LogP contribution in [0.2, 0.25) is 0 Å². The van der Waals surface area contributed by atoms with Crippen LogP contribution >= 0.6 is 0 Å². The molecule has 1 aromatic rings. The summed E-state index contributed by atoms with van der Waals surface area (Å²) in [5.74, 6) is -0.501. The molecule has 4 heteroatoms. The molecule has 2 N–H and O–H groups in total. The van der Waals surface area contributed by atoms with Gasteiger partial charge in [-0.25, -0.2) is 4.79 Å². The number of ether oxygens (including phenoxy) is 1. The van der Waals surface area contributed by atoms with Gasteiger partial charge in [-0.3, -0.25) is 0 Å². The number of aliphatic carboxylic acids is 1. The Morgan fingerprint density at radius 1 is 1.26 bits per heavy atom. The van der Waals surface area contributed by atoms with Crippen LogP contribution in [0.1, 0.15) is 37.2 Å². The average molecular weight is 264 g/mol. The fourth-order valence-corrected chi connectivity index (χ4v) is 2.80. The molecule has 4 nitrogen and oxygen atoms in total. The number of hydrogen-bond acceptors (Lipinski definition) is 3. The Morgan fingerprint density at radius 3 is 2.42 bits per heavy atom. The van der Waals surface area contributed by atoms with E-state index in [1.54, 1.807) is 0 Å². The van der Waals surface area contributed by atoms with E-state index < -0.39 is 11.6 Å². The van der Waals surface area contributed by atoms with E-state index in [4.69, 9.17) is 9.84 Å². The molecule has 0 aliphatic heterocycles. The molecule has 1 aromatic carbocycles. The maximum absolute atomic E-state index is 11.4. The smallest absolute Gasteiger partial charge is 0.335 e. The zero-order valence-electron chi connectivity index (χ0n) is 10.9. The second-order valence-corrected chi connectivity index (χ2v) is 5.06. The van der Waals surface area contributed by atoms with E-state index in [9.17, 15) is 9.90 Å². The van der Waals surface area contributed by atoms with Crippen LogP contribution in [0.15, 0.2) is 30.3 Å². The van der Waals surface area contributed by atoms with Crippen molar-refractivity contribution in [1.82, 2.24) is 0 Å². The van der Waals surface area contributed by atoms with Gasteiger partial charge in [0.15, 0.2) is 5.60 Å². The highest BCUT2D eigenvalue weighted by molar-refractivity contribution is 5.77. The number of aliphatic hydroxyl groups excluding tert-OH is 1. The van der Waals surface area contributed by atoms with Crippen molar-refractivity contribution in [2.24, 2.45) is 0 Å². The molecule has 2 rings (SSSR count). The molecule has 0 spiro atoms. The minimum atomic E-state index is -1.10. The standard InChI is InChI=1S/C15H20O4/c16-10-11-19-15(14(17)18)8-6-13(7-9-15)12-4-2-1-3-5-12/h1-5,13,16H,6-11H2,(H,17,18). The lowest BCUT2D eigenvalue weighted by molar-refractivity contribution is -0.172. The third-order valence-electron chi connectivity index (χ3n) is 3.92. The topological polar surface area (TPSA) is 66.8 Å². The SMILES string of the molecule is O=C(O)C1(OCCO)CCC(c2ccccc2)CC1. The van der Waals surface area contributed by atoms with E-state index in [-0.39, 0.29) is 13.2 Å². The second-order valence-electron chi connectivity index (χ2n) is 5.06. The fourth-order valence-electron chi connectivity index (χ4n) is 2.80. The number of rotatable bonds is 5. The maximum atomic E-state index is 11.4. The number of carboxylic acid groups (broad SMARTS) is 1. The summed E-state index contributed by atoms with van der Waals surface area (Å²) in [6.45, 7) is -0.0561. The maximum Gasteiger partial charge on any atom is 0.335 e. The van der Waals surface area contributed by atoms with Crippen LogP contribution in [0.25, 0.3) is 0 Å². The highest BCUT2D eigenvalue weighted by Gasteiger charge is 2.43. The van der Waals surface area contributed by atoms with Gasteiger partial charge in [0.1, 0.15) is 0 Å². The van der Waals surface area contributed by atoms with Gasteiger partial charge in [-0.2, -0.15) is 0 Å². The van der Waals surface area contributed by atoms with Gasteiger partial charge in [-0.1, -0.05) is 30.3 Å². The summed E-state index contributed by atoms with van der Waals surface area (Å²) in [5.41, 5.74) is 0.164. The quantitative estimate of drug-likeness (QED) is 0.855. The molecule has 0 saturated heterocycles. The predicted octanol–water partition coefficient (Wildman–Crippen LogP) is 2.18. The van der Waals surface area contributed by atoms with Crippen LogP contribution in [0.3, 0.4) is 0 Å². The minimum Gasteiger partial charge on any atom is -0.479 e. The highest BCUT2D eigenvalue weighted by atomic mass is 16.5. The molecule has 0 atom stereocenters. The van der Waals surface area contributed by atoms with Gasteiger partial charge in [0, 0.05) is 0 Å². The second kappa shape index (κ2) is 6.17. The van der Waals surface area contributed by atoms with Crippen molar-refractivity contribution in [2.75, 3.05) is 13.2 Å². The Hall–Kier alpha value is -1.39. The third kappa shape index (κ3) is 3.14. The molecular weight excluding hydrogens is 244 g/mol. The van der Waals surface area contributed by atoms with Crippen LogP contribution in [-0.4, -0.2) is 35.0 Å². The van der Waals surface area contributed by atoms with E-state index in [2.05, 4.69) is 12.1 Å². The van der Waals surface area contributed by atoms with Gasteiger partial charge in [0.05, 0.1) is 13.2 Å². The predicted molar refractivity (Wildman–Crippen MR) is 71.1 cm³/mol. The zero-order valence-corrected chi connectivity index (χ0v) is 10.9. The lowest BCUT2D eigenvalue weighted by Gasteiger charge is -2.36. The summed E-state index contributed by atoms with van der Waals surface area (Å²) in [6.07, 6.45) is 2.62. The first-order valence-corrected chi connectivity index (χ1v) is 6.71. The molecule has 0 bridgehead atoms. The summed E-state index contributed by atoms with van der Waals surface area (Å²) in [7, 11) is 0. The number of aliphatic hydroxyl groups is 1. The number of carboxylic acids is 1. The largest absolute Gasteiger partial charge is 0.479 e. The molecule has 1 aliphatic carbocycles. The van der Waals surface area contributed by atoms with Crippen LogP contribution in [0.5, 0.6) is 0 Å². The van der Waals surface area contributed by atoms with Gasteiger partial charge in [0.2, 0.25) is 0 Å². The van der Waals surface area contributed by atoms with Gasteiger partial charge in [-0.15, -0.1) is 0 Å². The van der Waals surface area contributed by atoms with Crippen LogP contribution < -0.4 is 0 Å². The normalized spacial score (nSPS) is 27.1. The van der Waals surface area contributed by atoms with Crippen molar-refractivity contribution in [3.63, 3.8) is 0 Å². The first kappa shape index (κ1) is 14.0. The van der Waals surface area contributed by atoms with Crippen molar-refractivity contribution in [3.8, 4) is 0 Å². The van der Waals surface area contributed by atoms with Crippen molar-refractivity contribution in [3.05, 3.63) is 35.9 Å². The van der Waals surface area contributed by atoms with Gasteiger partial charge >= 0.3 is 5.97 Å². The van der Waals surface area contributed by atoms with Gasteiger partial charge in [-0.05, 0) is 37.2 Å². The first-order valence-electron chi connectivity index (χ1n) is 6.71. The van der Waals surface area contributed by atoms with E-state index in [0.717, 1.165) is 12.8 Å². The number of benzene rings is 1. The molecule has 1 aliphatic rings. The van der Waals surface area contributed by atoms with Crippen LogP contribution in [-0.2, 0) is 9.53 Å². The van der Waals surface area contributed by atoms with E-state index in [1.165, 1.54) is 5.56 Å². The average Bonchev–Trinajstić information content (AvgIpc) is 2.46. The molecule has 0 unspecified atom stereocenters. The first-order chi connectivity index (χ1) is 9.18. The van der Waals surface area contributed by atoms with Crippen molar-refractivity contribution < 1.29 is 19.7 Å². The van der Waals surface area contributed by atoms with E-state index in [1.807, 2.05) is 18.2 Å². The van der Waals surface area contributed by atoms with Crippen molar-refractivity contribution in [2.45, 2.75) is 37.2 Å². The summed E-state index contributed by atoms with van der Waals surface area (Å²) in [5, 5.41) is 18.2. The fraction of sp³-hybridized carbons (Fsp3) is 0.533. The summed E-state index contributed by atoms with van der Waals surface area (Å²) in [4.78, 5) is 11.4. The van der Waals surface area contributed by atoms with E-state index in [0.29, 0.717) is 18.8 Å². The Balaban J connectivity index is 2.02. The molecule has 0 amide bonds. The molecular formula is C15H20O4. The lowest BCUT2D eigenvalue weighted by Crippen LogP contribution is -2.45. The third-order valence-corrected chi connectivity index (χ3v) is 3.92. The number of hydrogen-bond donors (Lipinski definition) is 2. The molecule has 1 saturated carbocycles. The van der Waals surface area contributed by atoms with Crippen LogP contribution in [0, 0.1) is 0 Å². The lowest BCUT2D eigenvalue weighted by atomic mass is 9.76. The monoisotopic (exact) mass is 264 g/mol. The Bertz CT molecular complexity index is 407. The van der Waals surface area contributed by atoms with Crippen molar-refractivity contribution >= 4 is 5.97 Å². The van der Waals surface area contributed by atoms with Crippen molar-refractivity contribution in [1.29, 1.82) is 0 Å². The summed E-state index contributed by atoms with van der Waals surface area (Å²) in [6, 6.07) is 10.2. The Morgan fingerprint density at radius 2 is 1.89 bits per heavy atom. The van der Waals surface area contributed by atoms with Gasteiger partial charge < -0.3 is 14.9 Å². The van der Waals surface area contributed by atoms with E-state index >= 15 is 0 Å². The van der Waals surface area contributed by atoms with Crippen LogP contribution in [0.4, 0.5) is 0 Å². The minimum absolute atomic E-state index is 0.0856. The zero-order chi connectivity index (χ0) is 13.7. The number of carbonyl (C=O) groups is 1.